The molecule has 0 bridgehead atoms. The monoisotopic (exact) mass is 345 g/mol. The number of carboxylic acid groups (broad SMARTS) is 1. The van der Waals surface area contributed by atoms with Gasteiger partial charge >= 0.3 is 5.97 Å². The molecule has 0 aromatic carbocycles. The molecule has 2 amide bonds. The topological polar surface area (TPSA) is 146 Å². The van der Waals surface area contributed by atoms with Crippen LogP contribution >= 0.6 is 0 Å². The molecule has 0 heterocycles. The Morgan fingerprint density at radius 1 is 1.08 bits per heavy atom. The Bertz CT molecular complexity index is 403. The van der Waals surface area contributed by atoms with Gasteiger partial charge in [0.15, 0.2) is 0 Å². The zero-order valence-electron chi connectivity index (χ0n) is 14.7. The van der Waals surface area contributed by atoms with Crippen LogP contribution in [0.4, 0.5) is 0 Å². The van der Waals surface area contributed by atoms with Gasteiger partial charge in [-0.2, -0.15) is 0 Å². The standard InChI is InChI=1S/C15H31N5O4/c1-10(2)20-12(9-17-3)15(24)19-8-4-7-18-14(23)11(16)5-6-13(21)22/h10-12,17,20H,4-9,16H2,1-3H3,(H,18,23)(H,19,24)(H,21,22)/t11-,12-/m0/s1. The quantitative estimate of drug-likeness (QED) is 0.220. The van der Waals surface area contributed by atoms with Gasteiger partial charge in [0.25, 0.3) is 0 Å². The van der Waals surface area contributed by atoms with Gasteiger partial charge in [0.05, 0.1) is 12.1 Å². The highest BCUT2D eigenvalue weighted by Crippen LogP contribution is 1.94. The Hall–Kier alpha value is -1.71. The van der Waals surface area contributed by atoms with Crippen LogP contribution in [0.15, 0.2) is 0 Å². The molecule has 7 N–H and O–H groups in total. The number of hydrogen-bond donors (Lipinski definition) is 6. The Labute approximate surface area is 143 Å². The fourth-order valence-electron chi connectivity index (χ4n) is 2.01. The molecule has 140 valence electrons. The van der Waals surface area contributed by atoms with Crippen LogP contribution in [0.2, 0.25) is 0 Å². The molecule has 0 radical (unpaired) electrons. The van der Waals surface area contributed by atoms with Crippen LogP contribution in [0.3, 0.4) is 0 Å². The number of carbonyl (C=O) groups excluding carboxylic acids is 2. The first-order valence-electron chi connectivity index (χ1n) is 8.21. The molecule has 0 unspecified atom stereocenters. The third-order valence-electron chi connectivity index (χ3n) is 3.22. The van der Waals surface area contributed by atoms with Gasteiger partial charge in [-0.05, 0) is 19.9 Å². The van der Waals surface area contributed by atoms with Crippen molar-refractivity contribution >= 4 is 17.8 Å². The molecule has 9 nitrogen and oxygen atoms in total. The maximum Gasteiger partial charge on any atom is 0.303 e. The van der Waals surface area contributed by atoms with Gasteiger partial charge in [-0.1, -0.05) is 13.8 Å². The van der Waals surface area contributed by atoms with Gasteiger partial charge in [0, 0.05) is 32.1 Å². The molecule has 0 aromatic rings. The average molecular weight is 345 g/mol. The fourth-order valence-corrected chi connectivity index (χ4v) is 2.01. The van der Waals surface area contributed by atoms with Crippen LogP contribution < -0.4 is 27.0 Å². The second-order valence-corrected chi connectivity index (χ2v) is 5.91. The van der Waals surface area contributed by atoms with Crippen LogP contribution in [-0.2, 0) is 14.4 Å². The lowest BCUT2D eigenvalue weighted by molar-refractivity contribution is -0.137. The normalized spacial score (nSPS) is 13.4. The summed E-state index contributed by atoms with van der Waals surface area (Å²) in [6, 6.07) is -0.944. The van der Waals surface area contributed by atoms with Crippen molar-refractivity contribution in [1.29, 1.82) is 0 Å². The van der Waals surface area contributed by atoms with Crippen molar-refractivity contribution in [3.8, 4) is 0 Å². The summed E-state index contributed by atoms with van der Waals surface area (Å²) in [7, 11) is 1.78. The molecule has 0 aliphatic carbocycles. The van der Waals surface area contributed by atoms with E-state index in [4.69, 9.17) is 10.8 Å². The molecule has 0 spiro atoms. The maximum absolute atomic E-state index is 12.0. The largest absolute Gasteiger partial charge is 0.481 e. The van der Waals surface area contributed by atoms with Gasteiger partial charge in [-0.15, -0.1) is 0 Å². The first-order chi connectivity index (χ1) is 11.3. The van der Waals surface area contributed by atoms with Gasteiger partial charge < -0.3 is 32.1 Å². The number of amides is 2. The highest BCUT2D eigenvalue weighted by Gasteiger charge is 2.18. The highest BCUT2D eigenvalue weighted by atomic mass is 16.4. The molecule has 2 atom stereocenters. The first kappa shape index (κ1) is 22.3. The summed E-state index contributed by atoms with van der Waals surface area (Å²) in [5.74, 6) is -1.45. The van der Waals surface area contributed by atoms with Crippen molar-refractivity contribution in [2.45, 2.75) is 51.2 Å². The van der Waals surface area contributed by atoms with Gasteiger partial charge in [-0.25, -0.2) is 0 Å². The van der Waals surface area contributed by atoms with Crippen molar-refractivity contribution in [1.82, 2.24) is 21.3 Å². The number of nitrogens with one attached hydrogen (secondary N) is 4. The van der Waals surface area contributed by atoms with E-state index in [0.717, 1.165) is 0 Å². The highest BCUT2D eigenvalue weighted by molar-refractivity contribution is 5.82. The van der Waals surface area contributed by atoms with E-state index in [-0.39, 0.29) is 36.7 Å². The van der Waals surface area contributed by atoms with Crippen molar-refractivity contribution in [3.05, 3.63) is 0 Å². The van der Waals surface area contributed by atoms with E-state index in [1.54, 1.807) is 7.05 Å². The molecule has 0 saturated heterocycles. The van der Waals surface area contributed by atoms with E-state index in [0.29, 0.717) is 26.1 Å². The minimum Gasteiger partial charge on any atom is -0.481 e. The Kier molecular flexibility index (Phi) is 11.8. The Morgan fingerprint density at radius 2 is 1.67 bits per heavy atom. The Balaban J connectivity index is 3.92. The van der Waals surface area contributed by atoms with Gasteiger partial charge in [-0.3, -0.25) is 14.4 Å². The van der Waals surface area contributed by atoms with E-state index in [9.17, 15) is 14.4 Å². The predicted molar refractivity (Wildman–Crippen MR) is 91.5 cm³/mol. The van der Waals surface area contributed by atoms with Crippen molar-refractivity contribution < 1.29 is 19.5 Å². The molecule has 0 aliphatic heterocycles. The Morgan fingerprint density at radius 3 is 2.17 bits per heavy atom. The summed E-state index contributed by atoms with van der Waals surface area (Å²) in [4.78, 5) is 34.1. The second kappa shape index (κ2) is 12.7. The molecule has 0 rings (SSSR count). The summed E-state index contributed by atoms with van der Waals surface area (Å²) in [6.07, 6.45) is 0.530. The maximum atomic E-state index is 12.0. The molecule has 0 fully saturated rings. The predicted octanol–water partition coefficient (Wildman–Crippen LogP) is -1.61. The summed E-state index contributed by atoms with van der Waals surface area (Å²) in [5, 5.41) is 20.1. The second-order valence-electron chi connectivity index (χ2n) is 5.91. The lowest BCUT2D eigenvalue weighted by atomic mass is 10.1. The number of carboxylic acids is 1. The van der Waals surface area contributed by atoms with Gasteiger partial charge in [0.1, 0.15) is 0 Å². The SMILES string of the molecule is CNC[C@H](NC(C)C)C(=O)NCCCNC(=O)[C@@H](N)CCC(=O)O. The number of likely N-dealkylation sites (N-methyl/N-ethyl adjacent to an activating group) is 1. The third kappa shape index (κ3) is 10.9. The first-order valence-corrected chi connectivity index (χ1v) is 8.21. The molecule has 9 heteroatoms. The number of nitrogens with two attached hydrogens (primary N) is 1. The van der Waals surface area contributed by atoms with E-state index in [2.05, 4.69) is 21.3 Å². The molecular formula is C15H31N5O4. The smallest absolute Gasteiger partial charge is 0.303 e. The zero-order chi connectivity index (χ0) is 18.5. The van der Waals surface area contributed by atoms with Crippen LogP contribution in [-0.4, -0.2) is 67.7 Å². The summed E-state index contributed by atoms with van der Waals surface area (Å²) >= 11 is 0. The fraction of sp³-hybridized carbons (Fsp3) is 0.800. The summed E-state index contributed by atoms with van der Waals surface area (Å²) in [6.45, 7) is 5.27. The molecule has 0 aliphatic rings. The van der Waals surface area contributed by atoms with E-state index < -0.39 is 12.0 Å². The minimum absolute atomic E-state index is 0.0949. The van der Waals surface area contributed by atoms with Crippen molar-refractivity contribution in [3.63, 3.8) is 0 Å². The lowest BCUT2D eigenvalue weighted by Gasteiger charge is -2.20. The number of aliphatic carboxylic acids is 1. The third-order valence-corrected chi connectivity index (χ3v) is 3.22. The number of rotatable bonds is 13. The van der Waals surface area contributed by atoms with E-state index in [1.807, 2.05) is 13.8 Å². The van der Waals surface area contributed by atoms with E-state index in [1.165, 1.54) is 0 Å². The summed E-state index contributed by atoms with van der Waals surface area (Å²) < 4.78 is 0. The molecule has 24 heavy (non-hydrogen) atoms. The van der Waals surface area contributed by atoms with Crippen LogP contribution in [0.5, 0.6) is 0 Å². The van der Waals surface area contributed by atoms with Crippen molar-refractivity contribution in [2.75, 3.05) is 26.7 Å². The van der Waals surface area contributed by atoms with Crippen LogP contribution in [0, 0.1) is 0 Å². The summed E-state index contributed by atoms with van der Waals surface area (Å²) in [5.41, 5.74) is 5.59. The van der Waals surface area contributed by atoms with Crippen LogP contribution in [0.25, 0.3) is 0 Å². The molecular weight excluding hydrogens is 314 g/mol. The molecule has 0 saturated carbocycles. The van der Waals surface area contributed by atoms with Crippen molar-refractivity contribution in [2.24, 2.45) is 5.73 Å². The van der Waals surface area contributed by atoms with Crippen LogP contribution in [0.1, 0.15) is 33.1 Å². The minimum atomic E-state index is -0.980. The van der Waals surface area contributed by atoms with Gasteiger partial charge in [0.2, 0.25) is 11.8 Å². The number of hydrogen-bond acceptors (Lipinski definition) is 6. The number of carbonyl (C=O) groups is 3. The molecule has 0 aromatic heterocycles. The zero-order valence-corrected chi connectivity index (χ0v) is 14.7. The van der Waals surface area contributed by atoms with E-state index >= 15 is 0 Å². The lowest BCUT2D eigenvalue weighted by Crippen LogP contribution is -2.51. The average Bonchev–Trinajstić information content (AvgIpc) is 2.50.